The van der Waals surface area contributed by atoms with Gasteiger partial charge in [-0.3, -0.25) is 4.79 Å². The number of nitrogens with zero attached hydrogens (tertiary/aromatic N) is 1. The lowest BCUT2D eigenvalue weighted by molar-refractivity contribution is -0.144. The first-order valence-corrected chi connectivity index (χ1v) is 10.7. The summed E-state index contributed by atoms with van der Waals surface area (Å²) in [6, 6.07) is 0.383. The molecule has 0 spiro atoms. The van der Waals surface area contributed by atoms with Gasteiger partial charge in [0.15, 0.2) is 0 Å². The number of rotatable bonds is 2. The monoisotopic (exact) mass is 371 g/mol. The van der Waals surface area contributed by atoms with Gasteiger partial charge in [0.2, 0.25) is 5.91 Å². The first kappa shape index (κ1) is 18.8. The number of ether oxygens (including phenoxy) is 1. The molecule has 27 heavy (non-hydrogen) atoms. The molecule has 2 saturated carbocycles. The van der Waals surface area contributed by atoms with Crippen LogP contribution in [0.25, 0.3) is 0 Å². The lowest BCUT2D eigenvalue weighted by atomic mass is 9.52. The summed E-state index contributed by atoms with van der Waals surface area (Å²) in [5.74, 6) is 0.719. The number of likely N-dealkylation sites (tertiary alicyclic amines) is 1. The number of carbonyl (C=O) groups is 2. The number of carbonyl (C=O) groups excluding carboxylic acids is 2. The normalized spacial score (nSPS) is 39.9. The molecule has 4 aliphatic rings. The molecule has 4 heteroatoms. The van der Waals surface area contributed by atoms with Crippen LogP contribution in [0.5, 0.6) is 0 Å². The Bertz CT molecular complexity index is 736. The third-order valence-corrected chi connectivity index (χ3v) is 8.32. The van der Waals surface area contributed by atoms with E-state index >= 15 is 0 Å². The van der Waals surface area contributed by atoms with Crippen LogP contribution in [-0.4, -0.2) is 36.5 Å². The van der Waals surface area contributed by atoms with Crippen LogP contribution in [0.4, 0.5) is 0 Å². The lowest BCUT2D eigenvalue weighted by Gasteiger charge is -2.57. The predicted octanol–water partition coefficient (Wildman–Crippen LogP) is 4.40. The van der Waals surface area contributed by atoms with Crippen molar-refractivity contribution in [1.29, 1.82) is 0 Å². The van der Waals surface area contributed by atoms with Crippen LogP contribution >= 0.6 is 0 Å². The van der Waals surface area contributed by atoms with Crippen molar-refractivity contribution in [3.8, 4) is 0 Å². The maximum absolute atomic E-state index is 12.2. The highest BCUT2D eigenvalue weighted by Gasteiger charge is 2.55. The fourth-order valence-electron chi connectivity index (χ4n) is 6.82. The molecule has 0 aromatic rings. The van der Waals surface area contributed by atoms with Crippen molar-refractivity contribution >= 4 is 11.9 Å². The van der Waals surface area contributed by atoms with Gasteiger partial charge in [-0.15, -0.1) is 0 Å². The molecule has 0 unspecified atom stereocenters. The quantitative estimate of drug-likeness (QED) is 0.410. The molecule has 0 N–H and O–H groups in total. The summed E-state index contributed by atoms with van der Waals surface area (Å²) >= 11 is 0. The Morgan fingerprint density at radius 3 is 2.70 bits per heavy atom. The zero-order valence-corrected chi connectivity index (χ0v) is 17.3. The molecule has 0 bridgehead atoms. The van der Waals surface area contributed by atoms with Crippen LogP contribution < -0.4 is 0 Å². The van der Waals surface area contributed by atoms with Crippen molar-refractivity contribution in [2.75, 3.05) is 13.7 Å². The predicted molar refractivity (Wildman–Crippen MR) is 105 cm³/mol. The fraction of sp³-hybridized carbons (Fsp3) is 0.739. The summed E-state index contributed by atoms with van der Waals surface area (Å²) in [6.07, 6.45) is 10.0. The van der Waals surface area contributed by atoms with Crippen molar-refractivity contribution in [2.24, 2.45) is 16.7 Å². The van der Waals surface area contributed by atoms with E-state index in [9.17, 15) is 9.59 Å². The van der Waals surface area contributed by atoms with Gasteiger partial charge >= 0.3 is 5.97 Å². The van der Waals surface area contributed by atoms with Crippen LogP contribution in [0.15, 0.2) is 22.8 Å². The molecule has 1 saturated heterocycles. The number of hydrogen-bond acceptors (Lipinski definition) is 3. The lowest BCUT2D eigenvalue weighted by Crippen LogP contribution is -2.58. The van der Waals surface area contributed by atoms with Gasteiger partial charge in [-0.2, -0.15) is 0 Å². The van der Waals surface area contributed by atoms with Crippen LogP contribution in [0.3, 0.4) is 0 Å². The van der Waals surface area contributed by atoms with E-state index in [0.29, 0.717) is 30.9 Å². The molecular formula is C23H33NO3. The van der Waals surface area contributed by atoms with Crippen molar-refractivity contribution in [3.63, 3.8) is 0 Å². The minimum absolute atomic E-state index is 0.0399. The molecule has 1 aliphatic heterocycles. The first-order valence-electron chi connectivity index (χ1n) is 10.7. The number of amides is 1. The van der Waals surface area contributed by atoms with E-state index in [1.165, 1.54) is 12.0 Å². The number of allylic oxidation sites excluding steroid dienone is 3. The highest BCUT2D eigenvalue weighted by Crippen LogP contribution is 2.63. The summed E-state index contributed by atoms with van der Waals surface area (Å²) in [4.78, 5) is 26.3. The largest absolute Gasteiger partial charge is 0.463 e. The average Bonchev–Trinajstić information content (AvgIpc) is 2.95. The van der Waals surface area contributed by atoms with E-state index in [-0.39, 0.29) is 16.8 Å². The van der Waals surface area contributed by atoms with Gasteiger partial charge in [-0.1, -0.05) is 30.6 Å². The van der Waals surface area contributed by atoms with E-state index in [0.717, 1.165) is 38.5 Å². The van der Waals surface area contributed by atoms with E-state index in [1.807, 2.05) is 18.9 Å². The second-order valence-corrected chi connectivity index (χ2v) is 9.41. The maximum atomic E-state index is 12.2. The van der Waals surface area contributed by atoms with Crippen molar-refractivity contribution in [1.82, 2.24) is 4.90 Å². The molecular weight excluding hydrogens is 338 g/mol. The second-order valence-electron chi connectivity index (χ2n) is 9.41. The molecule has 3 fully saturated rings. The Kier molecular flexibility index (Phi) is 4.51. The van der Waals surface area contributed by atoms with Crippen molar-refractivity contribution in [2.45, 2.75) is 78.2 Å². The fourth-order valence-corrected chi connectivity index (χ4v) is 6.82. The number of piperidine rings is 1. The van der Waals surface area contributed by atoms with Gasteiger partial charge in [0.1, 0.15) is 0 Å². The molecule has 3 aliphatic carbocycles. The Labute approximate surface area is 163 Å². The van der Waals surface area contributed by atoms with Crippen LogP contribution in [0, 0.1) is 16.7 Å². The SMILES string of the molecule is CCOC(=O)C=C1CCC2=C3CC[C@H]4N(C)C(=O)CC[C@]4(C)[C@H]3CC[C@]12C. The minimum Gasteiger partial charge on any atom is -0.463 e. The van der Waals surface area contributed by atoms with Gasteiger partial charge in [0, 0.05) is 31.0 Å². The van der Waals surface area contributed by atoms with Crippen LogP contribution in [0.2, 0.25) is 0 Å². The maximum Gasteiger partial charge on any atom is 0.330 e. The standard InChI is InChI=1S/C23H33NO3/c1-5-27-21(26)14-15-6-8-17-16-7-9-19-23(3,13-11-20(25)24(19)4)18(16)10-12-22(15,17)2/h14,18-19H,5-13H2,1-4H3/t18-,19+,22+,23+/m0/s1. The zero-order chi connectivity index (χ0) is 19.4. The summed E-state index contributed by atoms with van der Waals surface area (Å²) in [7, 11) is 2.01. The van der Waals surface area contributed by atoms with Gasteiger partial charge in [-0.05, 0) is 63.2 Å². The number of esters is 1. The van der Waals surface area contributed by atoms with E-state index in [1.54, 1.807) is 17.2 Å². The molecule has 1 heterocycles. The van der Waals surface area contributed by atoms with E-state index < -0.39 is 0 Å². The molecule has 4 rings (SSSR count). The molecule has 148 valence electrons. The number of hydrogen-bond donors (Lipinski definition) is 0. The summed E-state index contributed by atoms with van der Waals surface area (Å²) < 4.78 is 5.17. The third-order valence-electron chi connectivity index (χ3n) is 8.32. The van der Waals surface area contributed by atoms with Crippen LogP contribution in [-0.2, 0) is 14.3 Å². The first-order chi connectivity index (χ1) is 12.8. The van der Waals surface area contributed by atoms with Gasteiger partial charge < -0.3 is 9.64 Å². The summed E-state index contributed by atoms with van der Waals surface area (Å²) in [6.45, 7) is 7.06. The Hall–Kier alpha value is -1.58. The Morgan fingerprint density at radius 2 is 1.96 bits per heavy atom. The molecule has 0 aromatic carbocycles. The minimum atomic E-state index is -0.190. The summed E-state index contributed by atoms with van der Waals surface area (Å²) in [5, 5.41) is 0. The molecule has 4 atom stereocenters. The molecule has 0 aromatic heterocycles. The highest BCUT2D eigenvalue weighted by molar-refractivity contribution is 5.83. The Balaban J connectivity index is 1.69. The van der Waals surface area contributed by atoms with Gasteiger partial charge in [0.05, 0.1) is 6.61 Å². The second kappa shape index (κ2) is 6.49. The van der Waals surface area contributed by atoms with E-state index in [4.69, 9.17) is 4.74 Å². The van der Waals surface area contributed by atoms with E-state index in [2.05, 4.69) is 13.8 Å². The topological polar surface area (TPSA) is 46.6 Å². The molecule has 4 nitrogen and oxygen atoms in total. The summed E-state index contributed by atoms with van der Waals surface area (Å²) in [5.41, 5.74) is 4.78. The third kappa shape index (κ3) is 2.70. The van der Waals surface area contributed by atoms with Crippen molar-refractivity contribution in [3.05, 3.63) is 22.8 Å². The smallest absolute Gasteiger partial charge is 0.330 e. The molecule has 0 radical (unpaired) electrons. The van der Waals surface area contributed by atoms with Gasteiger partial charge in [0.25, 0.3) is 0 Å². The van der Waals surface area contributed by atoms with Crippen LogP contribution in [0.1, 0.15) is 72.1 Å². The molecule has 1 amide bonds. The Morgan fingerprint density at radius 1 is 1.19 bits per heavy atom. The highest BCUT2D eigenvalue weighted by atomic mass is 16.5. The van der Waals surface area contributed by atoms with Crippen molar-refractivity contribution < 1.29 is 14.3 Å². The van der Waals surface area contributed by atoms with Gasteiger partial charge in [-0.25, -0.2) is 4.79 Å². The number of fused-ring (bicyclic) bond motifs is 4. The average molecular weight is 372 g/mol. The zero-order valence-electron chi connectivity index (χ0n) is 17.3.